The predicted octanol–water partition coefficient (Wildman–Crippen LogP) is -2.69. The van der Waals surface area contributed by atoms with Crippen LogP contribution in [0.15, 0.2) is 24.3 Å². The zero-order chi connectivity index (χ0) is 7.40. The monoisotopic (exact) mass is 250 g/mol. The SMILES string of the molecule is N[I-]c1cccc(CO)c1. The molecule has 0 saturated carbocycles. The Kier molecular flexibility index (Phi) is 3.11. The van der Waals surface area contributed by atoms with E-state index < -0.39 is 0 Å². The van der Waals surface area contributed by atoms with E-state index in [2.05, 4.69) is 0 Å². The second-order valence-electron chi connectivity index (χ2n) is 1.90. The van der Waals surface area contributed by atoms with E-state index in [0.29, 0.717) is 0 Å². The molecule has 1 rings (SSSR count). The number of benzene rings is 1. The summed E-state index contributed by atoms with van der Waals surface area (Å²) in [6.45, 7) is 0.109. The standard InChI is InChI=1S/C7H9INO/c9-8-7-3-1-2-6(4-7)5-10/h1-4,10H,5,9H2/q-1. The number of halogens is 1. The first-order valence-electron chi connectivity index (χ1n) is 2.90. The number of aliphatic hydroxyl groups is 1. The molecular weight excluding hydrogens is 241 g/mol. The molecule has 0 amide bonds. The Hall–Kier alpha value is -0.130. The molecule has 3 N–H and O–H groups in total. The van der Waals surface area contributed by atoms with Gasteiger partial charge < -0.3 is 0 Å². The molecule has 0 unspecified atom stereocenters. The average Bonchev–Trinajstić information content (AvgIpc) is 2.05. The van der Waals surface area contributed by atoms with Gasteiger partial charge in [-0.2, -0.15) is 0 Å². The van der Waals surface area contributed by atoms with Gasteiger partial charge in [-0.15, -0.1) is 0 Å². The maximum absolute atomic E-state index is 8.73. The second-order valence-corrected chi connectivity index (χ2v) is 3.77. The number of hydrogen-bond acceptors (Lipinski definition) is 2. The molecule has 0 heterocycles. The van der Waals surface area contributed by atoms with E-state index in [1.54, 1.807) is 0 Å². The molecule has 0 atom stereocenters. The summed E-state index contributed by atoms with van der Waals surface area (Å²) in [5, 5.41) is 8.73. The van der Waals surface area contributed by atoms with Crippen LogP contribution in [0.3, 0.4) is 0 Å². The summed E-state index contributed by atoms with van der Waals surface area (Å²) in [7, 11) is 0. The van der Waals surface area contributed by atoms with E-state index in [1.165, 1.54) is 3.57 Å². The van der Waals surface area contributed by atoms with Crippen LogP contribution in [0.25, 0.3) is 0 Å². The fourth-order valence-electron chi connectivity index (χ4n) is 0.703. The molecular formula is C7H9INO-. The molecule has 0 aliphatic rings. The van der Waals surface area contributed by atoms with Gasteiger partial charge in [-0.1, -0.05) is 0 Å². The van der Waals surface area contributed by atoms with Gasteiger partial charge in [-0.3, -0.25) is 0 Å². The molecule has 10 heavy (non-hydrogen) atoms. The Balaban J connectivity index is 2.87. The molecule has 1 aromatic carbocycles. The summed E-state index contributed by atoms with van der Waals surface area (Å²) in [6.07, 6.45) is 0. The number of hydrogen-bond donors (Lipinski definition) is 2. The van der Waals surface area contributed by atoms with Crippen molar-refractivity contribution in [3.05, 3.63) is 33.4 Å². The molecule has 0 aliphatic heterocycles. The summed E-state index contributed by atoms with van der Waals surface area (Å²) in [5.41, 5.74) is 0.947. The van der Waals surface area contributed by atoms with Gasteiger partial charge in [0.1, 0.15) is 0 Å². The quantitative estimate of drug-likeness (QED) is 0.443. The first-order valence-corrected chi connectivity index (χ1v) is 5.22. The van der Waals surface area contributed by atoms with Crippen molar-refractivity contribution in [3.63, 3.8) is 0 Å². The van der Waals surface area contributed by atoms with E-state index in [0.717, 1.165) is 5.56 Å². The summed E-state index contributed by atoms with van der Waals surface area (Å²) in [4.78, 5) is 0. The minimum absolute atomic E-state index is 0.109. The van der Waals surface area contributed by atoms with Crippen molar-refractivity contribution in [1.29, 1.82) is 0 Å². The van der Waals surface area contributed by atoms with Crippen LogP contribution in [0, 0.1) is 3.57 Å². The van der Waals surface area contributed by atoms with E-state index in [9.17, 15) is 0 Å². The molecule has 56 valence electrons. The topological polar surface area (TPSA) is 46.2 Å². The zero-order valence-corrected chi connectivity index (χ0v) is 7.58. The van der Waals surface area contributed by atoms with Crippen molar-refractivity contribution in [2.75, 3.05) is 0 Å². The van der Waals surface area contributed by atoms with Gasteiger partial charge in [0.2, 0.25) is 0 Å². The second kappa shape index (κ2) is 3.90. The van der Waals surface area contributed by atoms with Crippen LogP contribution in [0.4, 0.5) is 0 Å². The third-order valence-electron chi connectivity index (χ3n) is 1.20. The molecule has 0 saturated heterocycles. The molecule has 0 aromatic heterocycles. The van der Waals surface area contributed by atoms with Crippen LogP contribution < -0.4 is 25.4 Å². The Bertz CT molecular complexity index is 195. The predicted molar refractivity (Wildman–Crippen MR) is 35.2 cm³/mol. The Labute approximate surface area is 70.7 Å². The molecule has 1 aromatic rings. The zero-order valence-electron chi connectivity index (χ0n) is 5.42. The first kappa shape index (κ1) is 7.97. The fourth-order valence-corrected chi connectivity index (χ4v) is 1.70. The summed E-state index contributed by atoms with van der Waals surface area (Å²) in [5.74, 6) is 0. The van der Waals surface area contributed by atoms with Crippen LogP contribution in [-0.4, -0.2) is 5.11 Å². The van der Waals surface area contributed by atoms with Crippen molar-refractivity contribution < 1.29 is 26.6 Å². The van der Waals surface area contributed by atoms with Gasteiger partial charge in [0.25, 0.3) is 0 Å². The van der Waals surface area contributed by atoms with Crippen LogP contribution in [0.1, 0.15) is 5.56 Å². The van der Waals surface area contributed by atoms with Gasteiger partial charge in [-0.25, -0.2) is 0 Å². The van der Waals surface area contributed by atoms with Gasteiger partial charge in [-0.05, 0) is 0 Å². The van der Waals surface area contributed by atoms with Crippen molar-refractivity contribution >= 4 is 0 Å². The molecule has 0 radical (unpaired) electrons. The third-order valence-corrected chi connectivity index (χ3v) is 2.59. The van der Waals surface area contributed by atoms with E-state index in [1.807, 2.05) is 24.3 Å². The minimum atomic E-state index is -0.325. The van der Waals surface area contributed by atoms with Gasteiger partial charge in [0.15, 0.2) is 0 Å². The van der Waals surface area contributed by atoms with Crippen LogP contribution in [-0.2, 0) is 6.61 Å². The van der Waals surface area contributed by atoms with Crippen molar-refractivity contribution in [2.45, 2.75) is 6.61 Å². The third kappa shape index (κ3) is 1.93. The van der Waals surface area contributed by atoms with E-state index in [4.69, 9.17) is 9.05 Å². The molecule has 0 spiro atoms. The Morgan fingerprint density at radius 2 is 2.30 bits per heavy atom. The maximum atomic E-state index is 8.73. The summed E-state index contributed by atoms with van der Waals surface area (Å²) < 4.78 is 6.67. The number of rotatable bonds is 2. The van der Waals surface area contributed by atoms with Crippen molar-refractivity contribution in [2.24, 2.45) is 3.95 Å². The first-order chi connectivity index (χ1) is 4.86. The molecule has 0 aliphatic carbocycles. The Morgan fingerprint density at radius 1 is 1.50 bits per heavy atom. The van der Waals surface area contributed by atoms with E-state index in [-0.39, 0.29) is 28.1 Å². The molecule has 2 nitrogen and oxygen atoms in total. The normalized spacial score (nSPS) is 10.2. The summed E-state index contributed by atoms with van der Waals surface area (Å²) >= 11 is -0.325. The fraction of sp³-hybridized carbons (Fsp3) is 0.143. The van der Waals surface area contributed by atoms with Crippen LogP contribution >= 0.6 is 0 Å². The van der Waals surface area contributed by atoms with Gasteiger partial charge in [0, 0.05) is 0 Å². The average molecular weight is 250 g/mol. The van der Waals surface area contributed by atoms with E-state index >= 15 is 0 Å². The summed E-state index contributed by atoms with van der Waals surface area (Å²) in [6, 6.07) is 7.76. The van der Waals surface area contributed by atoms with Crippen LogP contribution in [0.2, 0.25) is 0 Å². The van der Waals surface area contributed by atoms with Crippen molar-refractivity contribution in [3.8, 4) is 0 Å². The Morgan fingerprint density at radius 3 is 2.90 bits per heavy atom. The van der Waals surface area contributed by atoms with Gasteiger partial charge >= 0.3 is 70.5 Å². The van der Waals surface area contributed by atoms with Gasteiger partial charge in [0.05, 0.1) is 0 Å². The molecule has 0 fully saturated rings. The number of aliphatic hydroxyl groups excluding tert-OH is 1. The molecule has 0 bridgehead atoms. The van der Waals surface area contributed by atoms with Crippen LogP contribution in [0.5, 0.6) is 0 Å². The molecule has 3 heteroatoms. The number of nitrogens with two attached hydrogens (primary N) is 1. The van der Waals surface area contributed by atoms with Crippen molar-refractivity contribution in [1.82, 2.24) is 0 Å².